The van der Waals surface area contributed by atoms with E-state index in [0.29, 0.717) is 28.6 Å². The molecule has 5 nitrogen and oxygen atoms in total. The third kappa shape index (κ3) is 4.71. The van der Waals surface area contributed by atoms with Gasteiger partial charge in [-0.15, -0.1) is 0 Å². The summed E-state index contributed by atoms with van der Waals surface area (Å²) in [7, 11) is 1.54. The molecular formula is C17H18BrNO4. The number of amides is 1. The van der Waals surface area contributed by atoms with E-state index in [0.717, 1.165) is 5.56 Å². The second kappa shape index (κ2) is 7.99. The van der Waals surface area contributed by atoms with Gasteiger partial charge in [0.1, 0.15) is 11.5 Å². The van der Waals surface area contributed by atoms with Crippen LogP contribution in [0.15, 0.2) is 40.9 Å². The number of halogens is 1. The van der Waals surface area contributed by atoms with Gasteiger partial charge in [-0.05, 0) is 52.2 Å². The normalized spacial score (nSPS) is 10.5. The molecule has 0 fully saturated rings. The fourth-order valence-corrected chi connectivity index (χ4v) is 2.70. The highest BCUT2D eigenvalue weighted by molar-refractivity contribution is 9.10. The maximum Gasteiger partial charge on any atom is 0.252 e. The van der Waals surface area contributed by atoms with Crippen molar-refractivity contribution in [2.24, 2.45) is 0 Å². The Hall–Kier alpha value is -2.05. The zero-order valence-corrected chi connectivity index (χ0v) is 14.3. The van der Waals surface area contributed by atoms with E-state index in [-0.39, 0.29) is 24.0 Å². The molecule has 0 saturated carbocycles. The lowest BCUT2D eigenvalue weighted by Gasteiger charge is -2.10. The Morgan fingerprint density at radius 2 is 1.91 bits per heavy atom. The summed E-state index contributed by atoms with van der Waals surface area (Å²) < 4.78 is 5.59. The highest BCUT2D eigenvalue weighted by Gasteiger charge is 2.14. The van der Waals surface area contributed by atoms with Crippen LogP contribution in [0.3, 0.4) is 0 Å². The minimum atomic E-state index is -0.269. The molecule has 0 spiro atoms. The van der Waals surface area contributed by atoms with Gasteiger partial charge in [-0.25, -0.2) is 0 Å². The van der Waals surface area contributed by atoms with Crippen LogP contribution >= 0.6 is 15.9 Å². The number of phenols is 2. The van der Waals surface area contributed by atoms with Crippen LogP contribution in [0.5, 0.6) is 11.5 Å². The second-order valence-electron chi connectivity index (χ2n) is 5.07. The molecule has 23 heavy (non-hydrogen) atoms. The average Bonchev–Trinajstić information content (AvgIpc) is 2.52. The van der Waals surface area contributed by atoms with Crippen LogP contribution in [0, 0.1) is 0 Å². The highest BCUT2D eigenvalue weighted by atomic mass is 79.9. The Morgan fingerprint density at radius 1 is 1.22 bits per heavy atom. The van der Waals surface area contributed by atoms with Crippen LogP contribution in [0.1, 0.15) is 21.5 Å². The number of carbonyl (C=O) groups is 1. The molecule has 2 aromatic carbocycles. The molecule has 0 aliphatic heterocycles. The molecule has 3 N–H and O–H groups in total. The van der Waals surface area contributed by atoms with E-state index in [1.54, 1.807) is 18.2 Å². The van der Waals surface area contributed by atoms with Crippen LogP contribution < -0.4 is 5.32 Å². The van der Waals surface area contributed by atoms with E-state index in [4.69, 9.17) is 4.74 Å². The molecule has 0 aromatic heterocycles. The summed E-state index contributed by atoms with van der Waals surface area (Å²) in [5, 5.41) is 22.0. The maximum atomic E-state index is 12.2. The van der Waals surface area contributed by atoms with Crippen LogP contribution in [-0.2, 0) is 17.8 Å². The number of phenolic OH excluding ortho intramolecular Hbond substituents is 2. The predicted octanol–water partition coefficient (Wildman–Crippen LogP) is 2.98. The van der Waals surface area contributed by atoms with Gasteiger partial charge in [0, 0.05) is 23.7 Å². The van der Waals surface area contributed by atoms with Crippen molar-refractivity contribution >= 4 is 21.8 Å². The van der Waals surface area contributed by atoms with Gasteiger partial charge < -0.3 is 20.3 Å². The Bertz CT molecular complexity index is 686. The number of benzene rings is 2. The lowest BCUT2D eigenvalue weighted by Crippen LogP contribution is -2.26. The smallest absolute Gasteiger partial charge is 0.252 e. The standard InChI is InChI=1S/C17H18BrNO4/c1-23-10-12-8-15(18)14(9-16(12)21)17(22)19-7-6-11-2-4-13(20)5-3-11/h2-5,8-9,20-21H,6-7,10H2,1H3,(H,19,22). The maximum absolute atomic E-state index is 12.2. The van der Waals surface area contributed by atoms with Gasteiger partial charge in [0.25, 0.3) is 5.91 Å². The molecule has 0 aliphatic rings. The lowest BCUT2D eigenvalue weighted by atomic mass is 10.1. The molecule has 0 atom stereocenters. The summed E-state index contributed by atoms with van der Waals surface area (Å²) >= 11 is 3.34. The second-order valence-corrected chi connectivity index (χ2v) is 5.92. The number of hydrogen-bond acceptors (Lipinski definition) is 4. The molecule has 2 rings (SSSR count). The summed E-state index contributed by atoms with van der Waals surface area (Å²) in [6.45, 7) is 0.726. The highest BCUT2D eigenvalue weighted by Crippen LogP contribution is 2.27. The molecule has 6 heteroatoms. The lowest BCUT2D eigenvalue weighted by molar-refractivity contribution is 0.0952. The van der Waals surface area contributed by atoms with E-state index in [1.165, 1.54) is 13.2 Å². The predicted molar refractivity (Wildman–Crippen MR) is 90.7 cm³/mol. The van der Waals surface area contributed by atoms with E-state index < -0.39 is 0 Å². The number of hydrogen-bond donors (Lipinski definition) is 3. The summed E-state index contributed by atoms with van der Waals surface area (Å²) in [5.74, 6) is -0.0259. The SMILES string of the molecule is COCc1cc(Br)c(C(=O)NCCc2ccc(O)cc2)cc1O. The van der Waals surface area contributed by atoms with Crippen molar-refractivity contribution in [2.45, 2.75) is 13.0 Å². The Balaban J connectivity index is 1.97. The molecular weight excluding hydrogens is 362 g/mol. The van der Waals surface area contributed by atoms with Gasteiger partial charge in [0.05, 0.1) is 12.2 Å². The number of methoxy groups -OCH3 is 1. The summed E-state index contributed by atoms with van der Waals surface area (Å²) in [6.07, 6.45) is 0.650. The minimum absolute atomic E-state index is 0.0266. The largest absolute Gasteiger partial charge is 0.508 e. The van der Waals surface area contributed by atoms with Crippen molar-refractivity contribution in [1.82, 2.24) is 5.32 Å². The fraction of sp³-hybridized carbons (Fsp3) is 0.235. The molecule has 0 aliphatic carbocycles. The van der Waals surface area contributed by atoms with E-state index >= 15 is 0 Å². The van der Waals surface area contributed by atoms with E-state index in [1.807, 2.05) is 12.1 Å². The number of carbonyl (C=O) groups excluding carboxylic acids is 1. The first-order chi connectivity index (χ1) is 11.0. The van der Waals surface area contributed by atoms with Crippen LogP contribution in [0.4, 0.5) is 0 Å². The van der Waals surface area contributed by atoms with Gasteiger partial charge in [-0.1, -0.05) is 12.1 Å². The summed E-state index contributed by atoms with van der Waals surface area (Å²) in [5.41, 5.74) is 1.99. The van der Waals surface area contributed by atoms with Crippen LogP contribution in [0.25, 0.3) is 0 Å². The van der Waals surface area contributed by atoms with Crippen molar-refractivity contribution in [3.8, 4) is 11.5 Å². The van der Waals surface area contributed by atoms with Gasteiger partial charge in [-0.2, -0.15) is 0 Å². The minimum Gasteiger partial charge on any atom is -0.508 e. The zero-order chi connectivity index (χ0) is 16.8. The van der Waals surface area contributed by atoms with Crippen molar-refractivity contribution in [3.05, 3.63) is 57.6 Å². The Kier molecular flexibility index (Phi) is 6.01. The van der Waals surface area contributed by atoms with Gasteiger partial charge in [0.15, 0.2) is 0 Å². The summed E-state index contributed by atoms with van der Waals surface area (Å²) in [6, 6.07) is 9.94. The molecule has 0 saturated heterocycles. The van der Waals surface area contributed by atoms with Crippen molar-refractivity contribution < 1.29 is 19.7 Å². The molecule has 122 valence electrons. The number of aromatic hydroxyl groups is 2. The van der Waals surface area contributed by atoms with Crippen LogP contribution in [-0.4, -0.2) is 29.8 Å². The van der Waals surface area contributed by atoms with Crippen molar-refractivity contribution in [2.75, 3.05) is 13.7 Å². The number of rotatable bonds is 6. The third-order valence-electron chi connectivity index (χ3n) is 3.35. The molecule has 2 aromatic rings. The first kappa shape index (κ1) is 17.3. The monoisotopic (exact) mass is 379 g/mol. The molecule has 0 radical (unpaired) electrons. The molecule has 0 unspecified atom stereocenters. The fourth-order valence-electron chi connectivity index (χ4n) is 2.13. The van der Waals surface area contributed by atoms with Crippen LogP contribution in [0.2, 0.25) is 0 Å². The topological polar surface area (TPSA) is 78.8 Å². The van der Waals surface area contributed by atoms with Gasteiger partial charge in [-0.3, -0.25) is 4.79 Å². The molecule has 0 heterocycles. The average molecular weight is 380 g/mol. The quantitative estimate of drug-likeness (QED) is 0.720. The number of nitrogens with one attached hydrogen (secondary N) is 1. The first-order valence-electron chi connectivity index (χ1n) is 7.07. The van der Waals surface area contributed by atoms with E-state index in [2.05, 4.69) is 21.2 Å². The zero-order valence-electron chi connectivity index (χ0n) is 12.7. The Labute approximate surface area is 143 Å². The molecule has 1 amide bonds. The van der Waals surface area contributed by atoms with Gasteiger partial charge >= 0.3 is 0 Å². The molecule has 0 bridgehead atoms. The Morgan fingerprint density at radius 3 is 2.57 bits per heavy atom. The first-order valence-corrected chi connectivity index (χ1v) is 7.87. The third-order valence-corrected chi connectivity index (χ3v) is 4.00. The van der Waals surface area contributed by atoms with E-state index in [9.17, 15) is 15.0 Å². The van der Waals surface area contributed by atoms with Gasteiger partial charge in [0.2, 0.25) is 0 Å². The van der Waals surface area contributed by atoms with Crippen molar-refractivity contribution in [1.29, 1.82) is 0 Å². The summed E-state index contributed by atoms with van der Waals surface area (Å²) in [4.78, 5) is 12.2. The number of ether oxygens (including phenoxy) is 1. The van der Waals surface area contributed by atoms with Crippen molar-refractivity contribution in [3.63, 3.8) is 0 Å².